The summed E-state index contributed by atoms with van der Waals surface area (Å²) in [4.78, 5) is 15.8. The molecule has 0 aliphatic rings. The van der Waals surface area contributed by atoms with E-state index in [2.05, 4.69) is 10.3 Å². The van der Waals surface area contributed by atoms with Gasteiger partial charge in [-0.1, -0.05) is 6.92 Å². The molecule has 1 aromatic heterocycles. The number of pyridine rings is 1. The molecule has 1 rings (SSSR count). The van der Waals surface area contributed by atoms with Crippen LogP contribution in [0.25, 0.3) is 0 Å². The minimum atomic E-state index is -0.807. The first-order valence-electron chi connectivity index (χ1n) is 4.73. The van der Waals surface area contributed by atoms with Crippen LogP contribution in [0, 0.1) is 0 Å². The molecule has 0 aliphatic heterocycles. The predicted octanol–water partition coefficient (Wildman–Crippen LogP) is 1.24. The topological polar surface area (TPSA) is 62.2 Å². The molecule has 0 aromatic carbocycles. The fourth-order valence-electron chi connectivity index (χ4n) is 1.08. The number of carboxylic acid groups (broad SMARTS) is 1. The van der Waals surface area contributed by atoms with Crippen molar-refractivity contribution in [2.45, 2.75) is 17.9 Å². The highest BCUT2D eigenvalue weighted by Crippen LogP contribution is 2.17. The van der Waals surface area contributed by atoms with Crippen LogP contribution in [-0.4, -0.2) is 34.4 Å². The Morgan fingerprint density at radius 1 is 1.60 bits per heavy atom. The Morgan fingerprint density at radius 2 is 2.27 bits per heavy atom. The van der Waals surface area contributed by atoms with Crippen LogP contribution in [0.4, 0.5) is 0 Å². The molecule has 0 saturated heterocycles. The Bertz CT molecular complexity index is 306. The summed E-state index contributed by atoms with van der Waals surface area (Å²) >= 11 is 1.51. The van der Waals surface area contributed by atoms with Gasteiger partial charge in [0.2, 0.25) is 0 Å². The summed E-state index contributed by atoms with van der Waals surface area (Å²) in [5.41, 5.74) is 0. The average Bonchev–Trinajstić information content (AvgIpc) is 2.25. The van der Waals surface area contributed by atoms with Crippen molar-refractivity contribution in [3.8, 4) is 0 Å². The molecule has 0 saturated carbocycles. The van der Waals surface area contributed by atoms with Gasteiger partial charge in [0.25, 0.3) is 0 Å². The molecule has 0 bridgehead atoms. The number of carboxylic acids is 1. The van der Waals surface area contributed by atoms with E-state index in [9.17, 15) is 4.79 Å². The van der Waals surface area contributed by atoms with E-state index < -0.39 is 12.0 Å². The average molecular weight is 226 g/mol. The van der Waals surface area contributed by atoms with Crippen molar-refractivity contribution in [1.29, 1.82) is 0 Å². The van der Waals surface area contributed by atoms with Crippen LogP contribution < -0.4 is 5.32 Å². The molecule has 1 aromatic rings. The molecule has 1 unspecified atom stereocenters. The zero-order valence-electron chi connectivity index (χ0n) is 8.51. The number of nitrogens with zero attached hydrogens (tertiary/aromatic N) is 1. The SMILES string of the molecule is CCNC(CSc1ccncc1)C(=O)O. The summed E-state index contributed by atoms with van der Waals surface area (Å²) in [5, 5.41) is 11.8. The van der Waals surface area contributed by atoms with Crippen LogP contribution in [0.15, 0.2) is 29.4 Å². The second-order valence-electron chi connectivity index (χ2n) is 2.94. The van der Waals surface area contributed by atoms with Gasteiger partial charge in [0.15, 0.2) is 0 Å². The van der Waals surface area contributed by atoms with Gasteiger partial charge in [0.05, 0.1) is 0 Å². The predicted molar refractivity (Wildman–Crippen MR) is 60.1 cm³/mol. The molecule has 82 valence electrons. The van der Waals surface area contributed by atoms with Gasteiger partial charge in [-0.05, 0) is 18.7 Å². The van der Waals surface area contributed by atoms with Crippen molar-refractivity contribution in [2.75, 3.05) is 12.3 Å². The van der Waals surface area contributed by atoms with Crippen molar-refractivity contribution in [3.63, 3.8) is 0 Å². The number of likely N-dealkylation sites (N-methyl/N-ethyl adjacent to an activating group) is 1. The van der Waals surface area contributed by atoms with Crippen LogP contribution in [0.5, 0.6) is 0 Å². The molecule has 0 aliphatic carbocycles. The number of hydrogen-bond acceptors (Lipinski definition) is 4. The number of nitrogens with one attached hydrogen (secondary N) is 1. The molecular formula is C10H14N2O2S. The first-order chi connectivity index (χ1) is 7.24. The number of hydrogen-bond donors (Lipinski definition) is 2. The lowest BCUT2D eigenvalue weighted by Crippen LogP contribution is -2.38. The second kappa shape index (κ2) is 6.42. The van der Waals surface area contributed by atoms with Gasteiger partial charge >= 0.3 is 5.97 Å². The number of thioether (sulfide) groups is 1. The van der Waals surface area contributed by atoms with Gasteiger partial charge in [-0.15, -0.1) is 11.8 Å². The zero-order valence-corrected chi connectivity index (χ0v) is 9.33. The Kier molecular flexibility index (Phi) is 5.14. The minimum Gasteiger partial charge on any atom is -0.480 e. The highest BCUT2D eigenvalue weighted by molar-refractivity contribution is 7.99. The number of aliphatic carboxylic acids is 1. The lowest BCUT2D eigenvalue weighted by Gasteiger charge is -2.12. The highest BCUT2D eigenvalue weighted by Gasteiger charge is 2.15. The third kappa shape index (κ3) is 4.31. The fraction of sp³-hybridized carbons (Fsp3) is 0.400. The third-order valence-corrected chi connectivity index (χ3v) is 2.92. The normalized spacial score (nSPS) is 12.3. The van der Waals surface area contributed by atoms with Crippen LogP contribution in [0.1, 0.15) is 6.92 Å². The highest BCUT2D eigenvalue weighted by atomic mass is 32.2. The maximum absolute atomic E-state index is 10.8. The first kappa shape index (κ1) is 12.0. The lowest BCUT2D eigenvalue weighted by atomic mass is 10.3. The maximum atomic E-state index is 10.8. The van der Waals surface area contributed by atoms with Crippen LogP contribution in [0.2, 0.25) is 0 Å². The monoisotopic (exact) mass is 226 g/mol. The van der Waals surface area contributed by atoms with Gasteiger partial charge < -0.3 is 10.4 Å². The quantitative estimate of drug-likeness (QED) is 0.714. The van der Waals surface area contributed by atoms with E-state index in [1.165, 1.54) is 11.8 Å². The van der Waals surface area contributed by atoms with E-state index in [4.69, 9.17) is 5.11 Å². The standard InChI is InChI=1S/C10H14N2O2S/c1-2-12-9(10(13)14)7-15-8-3-5-11-6-4-8/h3-6,9,12H,2,7H2,1H3,(H,13,14). The number of rotatable bonds is 6. The Balaban J connectivity index is 2.43. The van der Waals surface area contributed by atoms with Crippen LogP contribution in [0.3, 0.4) is 0 Å². The van der Waals surface area contributed by atoms with E-state index >= 15 is 0 Å². The van der Waals surface area contributed by atoms with Gasteiger partial charge in [-0.3, -0.25) is 9.78 Å². The maximum Gasteiger partial charge on any atom is 0.321 e. The lowest BCUT2D eigenvalue weighted by molar-refractivity contribution is -0.138. The summed E-state index contributed by atoms with van der Waals surface area (Å²) in [6.45, 7) is 2.56. The Morgan fingerprint density at radius 3 is 2.80 bits per heavy atom. The van der Waals surface area contributed by atoms with E-state index in [0.717, 1.165) is 4.90 Å². The summed E-state index contributed by atoms with van der Waals surface area (Å²) in [7, 11) is 0. The molecule has 1 atom stereocenters. The molecule has 1 heterocycles. The van der Waals surface area contributed by atoms with Crippen molar-refractivity contribution in [2.24, 2.45) is 0 Å². The summed E-state index contributed by atoms with van der Waals surface area (Å²) in [6.07, 6.45) is 3.40. The van der Waals surface area contributed by atoms with E-state index in [0.29, 0.717) is 12.3 Å². The molecule has 2 N–H and O–H groups in total. The fourth-order valence-corrected chi connectivity index (χ4v) is 2.01. The molecule has 15 heavy (non-hydrogen) atoms. The van der Waals surface area contributed by atoms with E-state index in [1.54, 1.807) is 12.4 Å². The molecule has 0 amide bonds. The smallest absolute Gasteiger partial charge is 0.321 e. The molecule has 0 radical (unpaired) electrons. The Hall–Kier alpha value is -1.07. The third-order valence-electron chi connectivity index (χ3n) is 1.82. The van der Waals surface area contributed by atoms with E-state index in [1.807, 2.05) is 19.1 Å². The first-order valence-corrected chi connectivity index (χ1v) is 5.71. The molecule has 0 fully saturated rings. The molecule has 4 nitrogen and oxygen atoms in total. The second-order valence-corrected chi connectivity index (χ2v) is 4.04. The molecule has 0 spiro atoms. The van der Waals surface area contributed by atoms with Gasteiger partial charge in [-0.25, -0.2) is 0 Å². The van der Waals surface area contributed by atoms with Crippen molar-refractivity contribution in [3.05, 3.63) is 24.5 Å². The number of aromatic nitrogens is 1. The molecule has 5 heteroatoms. The van der Waals surface area contributed by atoms with Crippen LogP contribution >= 0.6 is 11.8 Å². The number of carbonyl (C=O) groups is 1. The summed E-state index contributed by atoms with van der Waals surface area (Å²) in [5.74, 6) is -0.286. The van der Waals surface area contributed by atoms with Crippen molar-refractivity contribution in [1.82, 2.24) is 10.3 Å². The van der Waals surface area contributed by atoms with Gasteiger partial charge in [0, 0.05) is 23.0 Å². The zero-order chi connectivity index (χ0) is 11.1. The molecular weight excluding hydrogens is 212 g/mol. The van der Waals surface area contributed by atoms with Crippen molar-refractivity contribution < 1.29 is 9.90 Å². The van der Waals surface area contributed by atoms with E-state index in [-0.39, 0.29) is 0 Å². The van der Waals surface area contributed by atoms with Crippen LogP contribution in [-0.2, 0) is 4.79 Å². The van der Waals surface area contributed by atoms with Gasteiger partial charge in [-0.2, -0.15) is 0 Å². The van der Waals surface area contributed by atoms with Crippen molar-refractivity contribution >= 4 is 17.7 Å². The minimum absolute atomic E-state index is 0.492. The van der Waals surface area contributed by atoms with Gasteiger partial charge in [0.1, 0.15) is 6.04 Å². The Labute approximate surface area is 93.1 Å². The largest absolute Gasteiger partial charge is 0.480 e. The summed E-state index contributed by atoms with van der Waals surface area (Å²) in [6, 6.07) is 3.25. The summed E-state index contributed by atoms with van der Waals surface area (Å²) < 4.78 is 0.